The Labute approximate surface area is 60.4 Å². The van der Waals surface area contributed by atoms with E-state index in [2.05, 4.69) is 26.0 Å². The first-order chi connectivity index (χ1) is 4.29. The zero-order chi connectivity index (χ0) is 6.69. The Balaban J connectivity index is 2.58. The molecule has 0 amide bonds. The van der Waals surface area contributed by atoms with Gasteiger partial charge in [0.05, 0.1) is 0 Å². The number of nitrogens with zero attached hydrogens (tertiary/aromatic N) is 2. The van der Waals surface area contributed by atoms with Crippen molar-refractivity contribution in [1.29, 1.82) is 0 Å². The first-order valence-electron chi connectivity index (χ1n) is 2.33. The van der Waals surface area contributed by atoms with Gasteiger partial charge in [-0.2, -0.15) is 0 Å². The maximum absolute atomic E-state index is 5.28. The van der Waals surface area contributed by atoms with Crippen molar-refractivity contribution in [2.24, 2.45) is 5.73 Å². The van der Waals surface area contributed by atoms with Gasteiger partial charge in [-0.1, -0.05) is 0 Å². The van der Waals surface area contributed by atoms with E-state index >= 15 is 0 Å². The second-order valence-electron chi connectivity index (χ2n) is 1.45. The Morgan fingerprint density at radius 3 is 3.00 bits per heavy atom. The number of aromatic nitrogens is 2. The van der Waals surface area contributed by atoms with Crippen molar-refractivity contribution >= 4 is 20.2 Å². The van der Waals surface area contributed by atoms with Crippen molar-refractivity contribution in [3.63, 3.8) is 0 Å². The minimum atomic E-state index is 0.521. The van der Waals surface area contributed by atoms with Crippen LogP contribution in [0.5, 0.6) is 0 Å². The molecular formula is C4H6N4Se. The second kappa shape index (κ2) is 2.66. The molecule has 0 unspecified atom stereocenters. The fourth-order valence-electron chi connectivity index (χ4n) is 0.452. The van der Waals surface area contributed by atoms with Gasteiger partial charge < -0.3 is 0 Å². The van der Waals surface area contributed by atoms with Gasteiger partial charge >= 0.3 is 59.8 Å². The van der Waals surface area contributed by atoms with Crippen LogP contribution in [0, 0.1) is 0 Å². The molecule has 0 spiro atoms. The average Bonchev–Trinajstić information content (AvgIpc) is 2.15. The molecule has 0 aliphatic carbocycles. The fourth-order valence-corrected chi connectivity index (χ4v) is 0.674. The number of hydrogen-bond acceptors (Lipinski definition) is 3. The summed E-state index contributed by atoms with van der Waals surface area (Å²) in [5, 5.41) is 0. The quantitative estimate of drug-likeness (QED) is 0.565. The van der Waals surface area contributed by atoms with Crippen molar-refractivity contribution < 1.29 is 0 Å². The van der Waals surface area contributed by atoms with Gasteiger partial charge in [0.25, 0.3) is 0 Å². The molecule has 1 aromatic heterocycles. The van der Waals surface area contributed by atoms with Crippen LogP contribution in [0.3, 0.4) is 0 Å². The summed E-state index contributed by atoms with van der Waals surface area (Å²) in [5.41, 5.74) is 8.06. The standard InChI is InChI=1S/C4H6N4Se/c5-4(9)7-8-2-1-6-3-8/h1-3H,(H3,5,7,9). The van der Waals surface area contributed by atoms with E-state index in [4.69, 9.17) is 5.73 Å². The van der Waals surface area contributed by atoms with E-state index in [1.807, 2.05) is 0 Å². The molecule has 5 heteroatoms. The maximum atomic E-state index is 5.28. The van der Waals surface area contributed by atoms with E-state index in [9.17, 15) is 0 Å². The van der Waals surface area contributed by atoms with Crippen LogP contribution in [-0.4, -0.2) is 29.9 Å². The molecule has 0 aromatic carbocycles. The number of nitrogens with one attached hydrogen (secondary N) is 1. The van der Waals surface area contributed by atoms with E-state index in [1.54, 1.807) is 23.4 Å². The average molecular weight is 189 g/mol. The first-order valence-corrected chi connectivity index (χ1v) is 3.19. The predicted octanol–water partition coefficient (Wildman–Crippen LogP) is -1.36. The third-order valence-electron chi connectivity index (χ3n) is 0.744. The zero-order valence-corrected chi connectivity index (χ0v) is 6.33. The molecule has 1 rings (SSSR count). The van der Waals surface area contributed by atoms with Crippen molar-refractivity contribution in [1.82, 2.24) is 9.66 Å². The Bertz CT molecular complexity index is 192. The predicted molar refractivity (Wildman–Crippen MR) is 36.5 cm³/mol. The van der Waals surface area contributed by atoms with Crippen molar-refractivity contribution in [2.75, 3.05) is 5.43 Å². The van der Waals surface area contributed by atoms with Crippen molar-refractivity contribution in [2.45, 2.75) is 0 Å². The normalized spacial score (nSPS) is 8.89. The molecule has 0 aliphatic heterocycles. The summed E-state index contributed by atoms with van der Waals surface area (Å²) in [6.07, 6.45) is 5.03. The van der Waals surface area contributed by atoms with Gasteiger partial charge in [-0.15, -0.1) is 0 Å². The molecule has 4 nitrogen and oxygen atoms in total. The molecule has 0 radical (unpaired) electrons. The topological polar surface area (TPSA) is 55.9 Å². The Morgan fingerprint density at radius 2 is 2.56 bits per heavy atom. The molecule has 48 valence electrons. The summed E-state index contributed by atoms with van der Waals surface area (Å²) in [6.45, 7) is 0. The molecule has 3 N–H and O–H groups in total. The molecule has 9 heavy (non-hydrogen) atoms. The second-order valence-corrected chi connectivity index (χ2v) is 2.37. The van der Waals surface area contributed by atoms with Crippen LogP contribution in [-0.2, 0) is 0 Å². The van der Waals surface area contributed by atoms with Gasteiger partial charge in [-0.25, -0.2) is 0 Å². The molecular weight excluding hydrogens is 183 g/mol. The summed E-state index contributed by atoms with van der Waals surface area (Å²) in [4.78, 5) is 3.79. The van der Waals surface area contributed by atoms with Gasteiger partial charge in [0, 0.05) is 0 Å². The summed E-state index contributed by atoms with van der Waals surface area (Å²) >= 11 is 2.61. The Morgan fingerprint density at radius 1 is 1.78 bits per heavy atom. The van der Waals surface area contributed by atoms with Crippen LogP contribution in [0.4, 0.5) is 0 Å². The van der Waals surface area contributed by atoms with Crippen LogP contribution in [0.1, 0.15) is 0 Å². The molecule has 0 saturated heterocycles. The van der Waals surface area contributed by atoms with Gasteiger partial charge in [0.1, 0.15) is 0 Å². The number of hydrogen-bond donors (Lipinski definition) is 2. The minimum absolute atomic E-state index is 0.521. The van der Waals surface area contributed by atoms with E-state index < -0.39 is 0 Å². The van der Waals surface area contributed by atoms with Crippen LogP contribution < -0.4 is 11.2 Å². The number of imidazole rings is 1. The molecule has 1 aromatic rings. The van der Waals surface area contributed by atoms with Crippen LogP contribution in [0.2, 0.25) is 0 Å². The van der Waals surface area contributed by atoms with Gasteiger partial charge in [-0.05, 0) is 0 Å². The summed E-state index contributed by atoms with van der Waals surface area (Å²) in [6, 6.07) is 0. The van der Waals surface area contributed by atoms with Crippen molar-refractivity contribution in [3.05, 3.63) is 18.7 Å². The number of nitrogens with two attached hydrogens (primary N) is 1. The SMILES string of the molecule is NC(=[Se])Nn1ccnc1. The fraction of sp³-hybridized carbons (Fsp3) is 0. The Hall–Kier alpha value is -0.801. The van der Waals surface area contributed by atoms with E-state index in [0.717, 1.165) is 0 Å². The molecule has 0 bridgehead atoms. The third-order valence-corrected chi connectivity index (χ3v) is 0.935. The van der Waals surface area contributed by atoms with Crippen LogP contribution in [0.15, 0.2) is 18.7 Å². The monoisotopic (exact) mass is 190 g/mol. The third kappa shape index (κ3) is 1.87. The zero-order valence-electron chi connectivity index (χ0n) is 4.61. The molecule has 0 fully saturated rings. The van der Waals surface area contributed by atoms with Gasteiger partial charge in [-0.3, -0.25) is 0 Å². The summed E-state index contributed by atoms with van der Waals surface area (Å²) in [5.74, 6) is 0. The van der Waals surface area contributed by atoms with Gasteiger partial charge in [0.2, 0.25) is 0 Å². The van der Waals surface area contributed by atoms with Crippen LogP contribution in [0.25, 0.3) is 0 Å². The summed E-state index contributed by atoms with van der Waals surface area (Å²) < 4.78 is 2.17. The van der Waals surface area contributed by atoms with Crippen molar-refractivity contribution in [3.8, 4) is 0 Å². The summed E-state index contributed by atoms with van der Waals surface area (Å²) in [7, 11) is 0. The molecule has 0 saturated carbocycles. The van der Waals surface area contributed by atoms with E-state index in [0.29, 0.717) is 4.67 Å². The molecule has 0 atom stereocenters. The molecule has 0 aliphatic rings. The van der Waals surface area contributed by atoms with Crippen LogP contribution >= 0.6 is 0 Å². The van der Waals surface area contributed by atoms with E-state index in [-0.39, 0.29) is 0 Å². The van der Waals surface area contributed by atoms with Gasteiger partial charge in [0.15, 0.2) is 0 Å². The number of rotatable bonds is 2. The first kappa shape index (κ1) is 6.32. The molecule has 1 heterocycles. The van der Waals surface area contributed by atoms with E-state index in [1.165, 1.54) is 0 Å². The Kier molecular flexibility index (Phi) is 1.87.